The van der Waals surface area contributed by atoms with Gasteiger partial charge in [0.15, 0.2) is 0 Å². The van der Waals surface area contributed by atoms with Gasteiger partial charge in [-0.05, 0) is 19.8 Å². The van der Waals surface area contributed by atoms with E-state index in [-0.39, 0.29) is 25.3 Å². The zero-order valence-electron chi connectivity index (χ0n) is 12.0. The number of amides is 2. The van der Waals surface area contributed by atoms with Gasteiger partial charge < -0.3 is 20.1 Å². The fourth-order valence-electron chi connectivity index (χ4n) is 2.10. The molecule has 2 unspecified atom stereocenters. The molecule has 0 spiro atoms. The summed E-state index contributed by atoms with van der Waals surface area (Å²) in [6, 6.07) is -0.586. The maximum atomic E-state index is 12.2. The SMILES string of the molecule is CC(C)CN(C(=O)NC1COCC1C(=O)O)C(C)C. The van der Waals surface area contributed by atoms with Crippen LogP contribution in [0.5, 0.6) is 0 Å². The number of carbonyl (C=O) groups is 2. The van der Waals surface area contributed by atoms with E-state index >= 15 is 0 Å². The number of urea groups is 1. The van der Waals surface area contributed by atoms with Crippen LogP contribution in [0.3, 0.4) is 0 Å². The molecule has 0 bridgehead atoms. The predicted octanol–water partition coefficient (Wildman–Crippen LogP) is 1.16. The number of nitrogens with zero attached hydrogens (tertiary/aromatic N) is 1. The first-order chi connectivity index (χ1) is 8.82. The summed E-state index contributed by atoms with van der Waals surface area (Å²) in [7, 11) is 0. The van der Waals surface area contributed by atoms with Gasteiger partial charge >= 0.3 is 12.0 Å². The Bertz CT molecular complexity index is 331. The van der Waals surface area contributed by atoms with Crippen molar-refractivity contribution in [1.29, 1.82) is 0 Å². The van der Waals surface area contributed by atoms with Crippen LogP contribution in [0.2, 0.25) is 0 Å². The van der Waals surface area contributed by atoms with E-state index in [4.69, 9.17) is 9.84 Å². The normalized spacial score (nSPS) is 22.8. The van der Waals surface area contributed by atoms with Crippen molar-refractivity contribution in [3.63, 3.8) is 0 Å². The molecular weight excluding hydrogens is 248 g/mol. The Balaban J connectivity index is 2.63. The molecule has 2 amide bonds. The molecule has 2 N–H and O–H groups in total. The number of hydrogen-bond acceptors (Lipinski definition) is 3. The fraction of sp³-hybridized carbons (Fsp3) is 0.846. The first-order valence-electron chi connectivity index (χ1n) is 6.70. The molecule has 1 saturated heterocycles. The first-order valence-corrected chi connectivity index (χ1v) is 6.70. The molecule has 1 fully saturated rings. The summed E-state index contributed by atoms with van der Waals surface area (Å²) in [4.78, 5) is 25.0. The third-order valence-corrected chi connectivity index (χ3v) is 3.15. The van der Waals surface area contributed by atoms with Gasteiger partial charge in [0, 0.05) is 12.6 Å². The molecule has 1 rings (SSSR count). The Hall–Kier alpha value is -1.30. The summed E-state index contributed by atoms with van der Waals surface area (Å²) in [5.41, 5.74) is 0. The molecule has 1 aliphatic heterocycles. The van der Waals surface area contributed by atoms with Crippen molar-refractivity contribution in [3.05, 3.63) is 0 Å². The van der Waals surface area contributed by atoms with Crippen LogP contribution in [0.25, 0.3) is 0 Å². The Labute approximate surface area is 114 Å². The first kappa shape index (κ1) is 15.8. The largest absolute Gasteiger partial charge is 0.481 e. The van der Waals surface area contributed by atoms with E-state index in [0.29, 0.717) is 12.5 Å². The molecule has 2 atom stereocenters. The Morgan fingerprint density at radius 3 is 2.42 bits per heavy atom. The van der Waals surface area contributed by atoms with Gasteiger partial charge in [-0.2, -0.15) is 0 Å². The third kappa shape index (κ3) is 4.38. The molecule has 19 heavy (non-hydrogen) atoms. The van der Waals surface area contributed by atoms with Crippen LogP contribution >= 0.6 is 0 Å². The summed E-state index contributed by atoms with van der Waals surface area (Å²) in [5.74, 6) is -1.22. The lowest BCUT2D eigenvalue weighted by atomic mass is 10.0. The van der Waals surface area contributed by atoms with Gasteiger partial charge in [0.2, 0.25) is 0 Å². The average Bonchev–Trinajstić information content (AvgIpc) is 2.73. The second-order valence-corrected chi connectivity index (χ2v) is 5.68. The number of carbonyl (C=O) groups excluding carboxylic acids is 1. The van der Waals surface area contributed by atoms with E-state index in [2.05, 4.69) is 5.32 Å². The molecule has 0 aliphatic carbocycles. The Morgan fingerprint density at radius 2 is 1.95 bits per heavy atom. The van der Waals surface area contributed by atoms with Crippen molar-refractivity contribution in [3.8, 4) is 0 Å². The minimum absolute atomic E-state index is 0.0769. The lowest BCUT2D eigenvalue weighted by Crippen LogP contribution is -2.51. The van der Waals surface area contributed by atoms with E-state index in [1.54, 1.807) is 4.90 Å². The standard InChI is InChI=1S/C13H24N2O4/c1-8(2)5-15(9(3)4)13(18)14-11-7-19-6-10(11)12(16)17/h8-11H,5-7H2,1-4H3,(H,14,18)(H,16,17). The Kier molecular flexibility index (Phi) is 5.60. The predicted molar refractivity (Wildman–Crippen MR) is 70.9 cm³/mol. The minimum Gasteiger partial charge on any atom is -0.481 e. The smallest absolute Gasteiger partial charge is 0.317 e. The quantitative estimate of drug-likeness (QED) is 0.787. The van der Waals surface area contributed by atoms with E-state index in [0.717, 1.165) is 0 Å². The van der Waals surface area contributed by atoms with Crippen molar-refractivity contribution in [2.45, 2.75) is 39.8 Å². The van der Waals surface area contributed by atoms with Crippen molar-refractivity contribution in [1.82, 2.24) is 10.2 Å². The van der Waals surface area contributed by atoms with E-state index < -0.39 is 17.9 Å². The highest BCUT2D eigenvalue weighted by Gasteiger charge is 2.36. The highest BCUT2D eigenvalue weighted by atomic mass is 16.5. The summed E-state index contributed by atoms with van der Waals surface area (Å²) in [6.45, 7) is 9.05. The molecular formula is C13H24N2O4. The van der Waals surface area contributed by atoms with Gasteiger partial charge in [0.1, 0.15) is 5.92 Å². The van der Waals surface area contributed by atoms with Crippen molar-refractivity contribution in [2.75, 3.05) is 19.8 Å². The van der Waals surface area contributed by atoms with Crippen LogP contribution < -0.4 is 5.32 Å². The average molecular weight is 272 g/mol. The van der Waals surface area contributed by atoms with Crippen molar-refractivity contribution < 1.29 is 19.4 Å². The van der Waals surface area contributed by atoms with Gasteiger partial charge in [-0.3, -0.25) is 4.79 Å². The van der Waals surface area contributed by atoms with E-state index in [1.807, 2.05) is 27.7 Å². The Morgan fingerprint density at radius 1 is 1.32 bits per heavy atom. The van der Waals surface area contributed by atoms with Gasteiger partial charge in [0.25, 0.3) is 0 Å². The monoisotopic (exact) mass is 272 g/mol. The lowest BCUT2D eigenvalue weighted by molar-refractivity contribution is -0.142. The number of aliphatic carboxylic acids is 1. The fourth-order valence-corrected chi connectivity index (χ4v) is 2.10. The van der Waals surface area contributed by atoms with Crippen LogP contribution in [-0.4, -0.2) is 53.8 Å². The molecule has 6 heteroatoms. The molecule has 1 aliphatic rings. The van der Waals surface area contributed by atoms with Crippen LogP contribution in [0.4, 0.5) is 4.79 Å². The zero-order valence-corrected chi connectivity index (χ0v) is 12.0. The zero-order chi connectivity index (χ0) is 14.6. The van der Waals surface area contributed by atoms with Crippen LogP contribution in [0.15, 0.2) is 0 Å². The van der Waals surface area contributed by atoms with Gasteiger partial charge in [-0.1, -0.05) is 13.8 Å². The summed E-state index contributed by atoms with van der Waals surface area (Å²) >= 11 is 0. The molecule has 1 heterocycles. The van der Waals surface area contributed by atoms with E-state index in [9.17, 15) is 9.59 Å². The number of hydrogen-bond donors (Lipinski definition) is 2. The van der Waals surface area contributed by atoms with Crippen LogP contribution in [0.1, 0.15) is 27.7 Å². The number of ether oxygens (including phenoxy) is 1. The number of rotatable bonds is 5. The number of carboxylic acid groups (broad SMARTS) is 1. The minimum atomic E-state index is -0.928. The summed E-state index contributed by atoms with van der Waals surface area (Å²) < 4.78 is 5.14. The molecule has 0 radical (unpaired) electrons. The second kappa shape index (κ2) is 6.75. The van der Waals surface area contributed by atoms with Crippen molar-refractivity contribution >= 4 is 12.0 Å². The molecule has 0 aromatic carbocycles. The maximum absolute atomic E-state index is 12.2. The number of carboxylic acids is 1. The van der Waals surface area contributed by atoms with Gasteiger partial charge in [-0.15, -0.1) is 0 Å². The molecule has 0 aromatic rings. The highest BCUT2D eigenvalue weighted by Crippen LogP contribution is 2.15. The van der Waals surface area contributed by atoms with Crippen molar-refractivity contribution in [2.24, 2.45) is 11.8 Å². The van der Waals surface area contributed by atoms with Gasteiger partial charge in [-0.25, -0.2) is 4.79 Å². The topological polar surface area (TPSA) is 78.9 Å². The molecule has 0 saturated carbocycles. The molecule has 0 aromatic heterocycles. The molecule has 6 nitrogen and oxygen atoms in total. The third-order valence-electron chi connectivity index (χ3n) is 3.15. The highest BCUT2D eigenvalue weighted by molar-refractivity contribution is 5.77. The lowest BCUT2D eigenvalue weighted by Gasteiger charge is -2.30. The maximum Gasteiger partial charge on any atom is 0.317 e. The van der Waals surface area contributed by atoms with E-state index in [1.165, 1.54) is 0 Å². The number of nitrogens with one attached hydrogen (secondary N) is 1. The molecule has 110 valence electrons. The summed E-state index contributed by atoms with van der Waals surface area (Å²) in [6.07, 6.45) is 0. The second-order valence-electron chi connectivity index (χ2n) is 5.68. The summed E-state index contributed by atoms with van der Waals surface area (Å²) in [5, 5.41) is 11.8. The van der Waals surface area contributed by atoms with Crippen LogP contribution in [0, 0.1) is 11.8 Å². The van der Waals surface area contributed by atoms with Crippen LogP contribution in [-0.2, 0) is 9.53 Å². The van der Waals surface area contributed by atoms with Gasteiger partial charge in [0.05, 0.1) is 19.3 Å².